The van der Waals surface area contributed by atoms with Crippen LogP contribution in [0.4, 0.5) is 0 Å². The molecular formula is C20H29N7O2. The van der Waals surface area contributed by atoms with Crippen molar-refractivity contribution in [2.45, 2.75) is 32.7 Å². The van der Waals surface area contributed by atoms with E-state index in [4.69, 9.17) is 4.74 Å². The molecule has 29 heavy (non-hydrogen) atoms. The Labute approximate surface area is 171 Å². The molecule has 1 aromatic carbocycles. The standard InChI is InChI=1S/C20H29N7O2/c1-3-21-20(22-11-5-13-27-12-4-6-18(27)28)23-14-17-24-19(26-25-17)15-7-9-16(29-2)10-8-15/h7-10H,3-6,11-14H2,1-2H3,(H2,21,22,23)(H,24,25,26). The number of carbonyl (C=O) groups excluding carboxylic acids is 1. The highest BCUT2D eigenvalue weighted by molar-refractivity contribution is 5.79. The molecule has 9 heteroatoms. The van der Waals surface area contributed by atoms with E-state index in [1.807, 2.05) is 36.1 Å². The highest BCUT2D eigenvalue weighted by Gasteiger charge is 2.18. The van der Waals surface area contributed by atoms with Crippen LogP contribution in [0.5, 0.6) is 5.75 Å². The van der Waals surface area contributed by atoms with Crippen LogP contribution in [0.3, 0.4) is 0 Å². The average Bonchev–Trinajstić information content (AvgIpc) is 3.38. The molecule has 2 heterocycles. The maximum atomic E-state index is 11.6. The zero-order valence-corrected chi connectivity index (χ0v) is 17.1. The zero-order valence-electron chi connectivity index (χ0n) is 17.1. The van der Waals surface area contributed by atoms with Crippen LogP contribution in [0.15, 0.2) is 29.3 Å². The van der Waals surface area contributed by atoms with E-state index in [9.17, 15) is 4.79 Å². The van der Waals surface area contributed by atoms with Gasteiger partial charge >= 0.3 is 0 Å². The van der Waals surface area contributed by atoms with Gasteiger partial charge in [-0.1, -0.05) is 0 Å². The van der Waals surface area contributed by atoms with Crippen molar-refractivity contribution in [1.29, 1.82) is 0 Å². The molecule has 9 nitrogen and oxygen atoms in total. The average molecular weight is 399 g/mol. The number of amides is 1. The molecule has 1 aliphatic rings. The van der Waals surface area contributed by atoms with Gasteiger partial charge in [-0.15, -0.1) is 0 Å². The summed E-state index contributed by atoms with van der Waals surface area (Å²) in [5.74, 6) is 3.11. The summed E-state index contributed by atoms with van der Waals surface area (Å²) in [6.07, 6.45) is 2.55. The lowest BCUT2D eigenvalue weighted by Gasteiger charge is -2.16. The second kappa shape index (κ2) is 10.4. The highest BCUT2D eigenvalue weighted by atomic mass is 16.5. The number of H-pyrrole nitrogens is 1. The zero-order chi connectivity index (χ0) is 20.5. The summed E-state index contributed by atoms with van der Waals surface area (Å²) in [4.78, 5) is 22.7. The van der Waals surface area contributed by atoms with Gasteiger partial charge in [-0.3, -0.25) is 9.89 Å². The van der Waals surface area contributed by atoms with E-state index in [1.165, 1.54) is 0 Å². The van der Waals surface area contributed by atoms with Crippen LogP contribution >= 0.6 is 0 Å². The molecule has 156 valence electrons. The van der Waals surface area contributed by atoms with E-state index in [0.29, 0.717) is 24.6 Å². The predicted molar refractivity (Wildman–Crippen MR) is 112 cm³/mol. The quantitative estimate of drug-likeness (QED) is 0.335. The van der Waals surface area contributed by atoms with Crippen molar-refractivity contribution in [3.63, 3.8) is 0 Å². The maximum Gasteiger partial charge on any atom is 0.222 e. The van der Waals surface area contributed by atoms with Crippen LogP contribution < -0.4 is 15.4 Å². The van der Waals surface area contributed by atoms with E-state index in [0.717, 1.165) is 56.3 Å². The lowest BCUT2D eigenvalue weighted by molar-refractivity contribution is -0.127. The summed E-state index contributed by atoms with van der Waals surface area (Å²) < 4.78 is 5.17. The van der Waals surface area contributed by atoms with Gasteiger partial charge in [-0.25, -0.2) is 9.98 Å². The minimum Gasteiger partial charge on any atom is -0.497 e. The first-order valence-electron chi connectivity index (χ1n) is 10.0. The molecule has 2 aromatic rings. The Bertz CT molecular complexity index is 816. The third kappa shape index (κ3) is 5.94. The normalized spacial score (nSPS) is 14.3. The fourth-order valence-electron chi connectivity index (χ4n) is 3.15. The number of nitrogens with zero attached hydrogens (tertiary/aromatic N) is 4. The van der Waals surface area contributed by atoms with Crippen LogP contribution in [0, 0.1) is 0 Å². The molecular weight excluding hydrogens is 370 g/mol. The number of nitrogens with one attached hydrogen (secondary N) is 3. The number of ether oxygens (including phenoxy) is 1. The molecule has 1 saturated heterocycles. The molecule has 0 atom stereocenters. The molecule has 0 unspecified atom stereocenters. The first kappa shape index (κ1) is 20.6. The monoisotopic (exact) mass is 399 g/mol. The summed E-state index contributed by atoms with van der Waals surface area (Å²) in [5.41, 5.74) is 0.916. The largest absolute Gasteiger partial charge is 0.497 e. The molecule has 1 aromatic heterocycles. The molecule has 0 radical (unpaired) electrons. The van der Waals surface area contributed by atoms with Gasteiger partial charge in [0.05, 0.1) is 7.11 Å². The summed E-state index contributed by atoms with van der Waals surface area (Å²) in [7, 11) is 1.64. The van der Waals surface area contributed by atoms with E-state index < -0.39 is 0 Å². The molecule has 1 fully saturated rings. The highest BCUT2D eigenvalue weighted by Crippen LogP contribution is 2.19. The van der Waals surface area contributed by atoms with E-state index in [2.05, 4.69) is 30.8 Å². The Balaban J connectivity index is 1.50. The van der Waals surface area contributed by atoms with Crippen molar-refractivity contribution >= 4 is 11.9 Å². The third-order valence-electron chi connectivity index (χ3n) is 4.68. The molecule has 0 spiro atoms. The molecule has 0 bridgehead atoms. The molecule has 1 aliphatic heterocycles. The molecule has 0 aliphatic carbocycles. The van der Waals surface area contributed by atoms with Gasteiger partial charge in [0.15, 0.2) is 11.8 Å². The van der Waals surface area contributed by atoms with Gasteiger partial charge in [0, 0.05) is 38.2 Å². The topological polar surface area (TPSA) is 108 Å². The Morgan fingerprint density at radius 3 is 2.83 bits per heavy atom. The smallest absolute Gasteiger partial charge is 0.222 e. The van der Waals surface area contributed by atoms with Gasteiger partial charge in [0.2, 0.25) is 5.91 Å². The fraction of sp³-hybridized carbons (Fsp3) is 0.500. The maximum absolute atomic E-state index is 11.6. The van der Waals surface area contributed by atoms with Crippen molar-refractivity contribution in [1.82, 2.24) is 30.7 Å². The molecule has 1 amide bonds. The fourth-order valence-corrected chi connectivity index (χ4v) is 3.15. The Hall–Kier alpha value is -3.10. The Morgan fingerprint density at radius 1 is 1.31 bits per heavy atom. The molecule has 3 rings (SSSR count). The number of guanidine groups is 1. The van der Waals surface area contributed by atoms with Gasteiger partial charge in [-0.2, -0.15) is 5.10 Å². The predicted octanol–water partition coefficient (Wildman–Crippen LogP) is 1.55. The first-order valence-corrected chi connectivity index (χ1v) is 10.0. The van der Waals surface area contributed by atoms with Crippen molar-refractivity contribution in [2.24, 2.45) is 4.99 Å². The third-order valence-corrected chi connectivity index (χ3v) is 4.68. The number of aromatic nitrogens is 3. The van der Waals surface area contributed by atoms with Crippen molar-refractivity contribution in [3.05, 3.63) is 30.1 Å². The van der Waals surface area contributed by atoms with Crippen molar-refractivity contribution in [2.75, 3.05) is 33.3 Å². The minimum atomic E-state index is 0.267. The summed E-state index contributed by atoms with van der Waals surface area (Å²) in [6, 6.07) is 7.61. The Kier molecular flexibility index (Phi) is 7.43. The number of rotatable bonds is 9. The summed E-state index contributed by atoms with van der Waals surface area (Å²) in [5, 5.41) is 13.7. The number of benzene rings is 1. The van der Waals surface area contributed by atoms with Crippen LogP contribution in [0.1, 0.15) is 32.0 Å². The summed E-state index contributed by atoms with van der Waals surface area (Å²) in [6.45, 7) is 5.61. The van der Waals surface area contributed by atoms with E-state index >= 15 is 0 Å². The SMILES string of the molecule is CCNC(=NCc1nc(-c2ccc(OC)cc2)n[nH]1)NCCCN1CCCC1=O. The van der Waals surface area contributed by atoms with E-state index in [1.54, 1.807) is 7.11 Å². The second-order valence-electron chi connectivity index (χ2n) is 6.79. The molecule has 3 N–H and O–H groups in total. The number of aromatic amines is 1. The number of aliphatic imine (C=N–C) groups is 1. The van der Waals surface area contributed by atoms with E-state index in [-0.39, 0.29) is 5.91 Å². The van der Waals surface area contributed by atoms with Gasteiger partial charge in [0.1, 0.15) is 18.1 Å². The molecule has 0 saturated carbocycles. The number of hydrogen-bond donors (Lipinski definition) is 3. The van der Waals surface area contributed by atoms with Crippen molar-refractivity contribution in [3.8, 4) is 17.1 Å². The van der Waals surface area contributed by atoms with Crippen molar-refractivity contribution < 1.29 is 9.53 Å². The number of likely N-dealkylation sites (tertiary alicyclic amines) is 1. The van der Waals surface area contributed by atoms with Crippen LogP contribution in [0.2, 0.25) is 0 Å². The van der Waals surface area contributed by atoms with Crippen LogP contribution in [-0.4, -0.2) is 65.2 Å². The first-order chi connectivity index (χ1) is 14.2. The number of hydrogen-bond acceptors (Lipinski definition) is 5. The minimum absolute atomic E-state index is 0.267. The van der Waals surface area contributed by atoms with Gasteiger partial charge in [-0.05, 0) is 44.0 Å². The van der Waals surface area contributed by atoms with Crippen LogP contribution in [-0.2, 0) is 11.3 Å². The lowest BCUT2D eigenvalue weighted by Crippen LogP contribution is -2.39. The lowest BCUT2D eigenvalue weighted by atomic mass is 10.2. The van der Waals surface area contributed by atoms with Gasteiger partial charge < -0.3 is 20.3 Å². The van der Waals surface area contributed by atoms with Gasteiger partial charge in [0.25, 0.3) is 0 Å². The number of carbonyl (C=O) groups is 1. The number of methoxy groups -OCH3 is 1. The second-order valence-corrected chi connectivity index (χ2v) is 6.79. The Morgan fingerprint density at radius 2 is 2.14 bits per heavy atom. The summed E-state index contributed by atoms with van der Waals surface area (Å²) >= 11 is 0. The van der Waals surface area contributed by atoms with Crippen LogP contribution in [0.25, 0.3) is 11.4 Å².